The van der Waals surface area contributed by atoms with Crippen LogP contribution in [0.25, 0.3) is 0 Å². The number of carbonyl (C=O) groups excluding carboxylic acids is 1. The highest BCUT2D eigenvalue weighted by molar-refractivity contribution is 5.98. The Morgan fingerprint density at radius 2 is 2.00 bits per heavy atom. The minimum absolute atomic E-state index is 0.0437. The Kier molecular flexibility index (Phi) is 4.18. The van der Waals surface area contributed by atoms with E-state index in [9.17, 15) is 4.79 Å². The van der Waals surface area contributed by atoms with Crippen molar-refractivity contribution < 1.29 is 9.53 Å². The van der Waals surface area contributed by atoms with Gasteiger partial charge in [-0.1, -0.05) is 26.0 Å². The SMILES string of the molecule is CCc1ccc(C(=O)C2CCOC2C)cc1CC. The monoisotopic (exact) mass is 246 g/mol. The van der Waals surface area contributed by atoms with Gasteiger partial charge in [0.15, 0.2) is 5.78 Å². The molecule has 0 aliphatic carbocycles. The molecule has 0 saturated carbocycles. The predicted octanol–water partition coefficient (Wildman–Crippen LogP) is 3.42. The van der Waals surface area contributed by atoms with E-state index in [1.807, 2.05) is 13.0 Å². The Hall–Kier alpha value is -1.15. The van der Waals surface area contributed by atoms with Gasteiger partial charge in [0.1, 0.15) is 0 Å². The summed E-state index contributed by atoms with van der Waals surface area (Å²) < 4.78 is 5.49. The van der Waals surface area contributed by atoms with Crippen LogP contribution in [0.1, 0.15) is 48.7 Å². The van der Waals surface area contributed by atoms with Crippen LogP contribution in [0.5, 0.6) is 0 Å². The third kappa shape index (κ3) is 2.49. The van der Waals surface area contributed by atoms with Gasteiger partial charge in [0, 0.05) is 12.2 Å². The molecule has 2 atom stereocenters. The van der Waals surface area contributed by atoms with Gasteiger partial charge in [-0.25, -0.2) is 0 Å². The number of ketones is 1. The van der Waals surface area contributed by atoms with Crippen LogP contribution in [0.15, 0.2) is 18.2 Å². The highest BCUT2D eigenvalue weighted by Gasteiger charge is 2.31. The largest absolute Gasteiger partial charge is 0.378 e. The van der Waals surface area contributed by atoms with Crippen molar-refractivity contribution in [3.63, 3.8) is 0 Å². The summed E-state index contributed by atoms with van der Waals surface area (Å²) >= 11 is 0. The van der Waals surface area contributed by atoms with E-state index in [0.717, 1.165) is 24.8 Å². The molecule has 2 rings (SSSR count). The molecule has 1 fully saturated rings. The van der Waals surface area contributed by atoms with Crippen molar-refractivity contribution >= 4 is 5.78 Å². The van der Waals surface area contributed by atoms with Crippen LogP contribution in [0.3, 0.4) is 0 Å². The molecule has 2 heteroatoms. The molecule has 0 aromatic heterocycles. The van der Waals surface area contributed by atoms with Gasteiger partial charge in [0.2, 0.25) is 0 Å². The lowest BCUT2D eigenvalue weighted by Gasteiger charge is -2.14. The number of Topliss-reactive ketones (excluding diaryl/α,β-unsaturated/α-hetero) is 1. The molecular formula is C16H22O2. The Morgan fingerprint density at radius 3 is 2.56 bits per heavy atom. The van der Waals surface area contributed by atoms with E-state index in [-0.39, 0.29) is 17.8 Å². The highest BCUT2D eigenvalue weighted by Crippen LogP contribution is 2.25. The molecule has 0 spiro atoms. The van der Waals surface area contributed by atoms with Gasteiger partial charge in [-0.2, -0.15) is 0 Å². The van der Waals surface area contributed by atoms with Gasteiger partial charge in [0.25, 0.3) is 0 Å². The summed E-state index contributed by atoms with van der Waals surface area (Å²) in [6.45, 7) is 7.01. The van der Waals surface area contributed by atoms with Crippen molar-refractivity contribution in [3.05, 3.63) is 34.9 Å². The summed E-state index contributed by atoms with van der Waals surface area (Å²) in [4.78, 5) is 12.4. The summed E-state index contributed by atoms with van der Waals surface area (Å²) in [6, 6.07) is 6.16. The molecule has 1 heterocycles. The van der Waals surface area contributed by atoms with E-state index in [4.69, 9.17) is 4.74 Å². The fourth-order valence-corrected chi connectivity index (χ4v) is 2.74. The maximum absolute atomic E-state index is 12.4. The molecule has 18 heavy (non-hydrogen) atoms. The number of hydrogen-bond acceptors (Lipinski definition) is 2. The van der Waals surface area contributed by atoms with E-state index in [2.05, 4.69) is 26.0 Å². The molecule has 1 aromatic carbocycles. The molecule has 0 amide bonds. The lowest BCUT2D eigenvalue weighted by molar-refractivity contribution is 0.0764. The summed E-state index contributed by atoms with van der Waals surface area (Å²) in [6.07, 6.45) is 2.94. The topological polar surface area (TPSA) is 26.3 Å². The van der Waals surface area contributed by atoms with Crippen LogP contribution in [0, 0.1) is 5.92 Å². The Balaban J connectivity index is 2.25. The molecular weight excluding hydrogens is 224 g/mol. The van der Waals surface area contributed by atoms with Crippen LogP contribution in [-0.4, -0.2) is 18.5 Å². The second-order valence-electron chi connectivity index (χ2n) is 5.03. The predicted molar refractivity (Wildman–Crippen MR) is 73.0 cm³/mol. The highest BCUT2D eigenvalue weighted by atomic mass is 16.5. The minimum atomic E-state index is 0.0437. The van der Waals surface area contributed by atoms with Crippen LogP contribution in [-0.2, 0) is 17.6 Å². The number of carbonyl (C=O) groups is 1. The van der Waals surface area contributed by atoms with Gasteiger partial charge < -0.3 is 4.74 Å². The maximum Gasteiger partial charge on any atom is 0.168 e. The second-order valence-corrected chi connectivity index (χ2v) is 5.03. The number of hydrogen-bond donors (Lipinski definition) is 0. The molecule has 0 radical (unpaired) electrons. The van der Waals surface area contributed by atoms with E-state index in [1.165, 1.54) is 11.1 Å². The Morgan fingerprint density at radius 1 is 1.28 bits per heavy atom. The Bertz CT molecular complexity index is 437. The van der Waals surface area contributed by atoms with Crippen molar-refractivity contribution in [1.29, 1.82) is 0 Å². The fraction of sp³-hybridized carbons (Fsp3) is 0.562. The fourth-order valence-electron chi connectivity index (χ4n) is 2.74. The first kappa shape index (κ1) is 13.3. The molecule has 1 aliphatic heterocycles. The third-order valence-electron chi connectivity index (χ3n) is 3.97. The van der Waals surface area contributed by atoms with Crippen LogP contribution >= 0.6 is 0 Å². The molecule has 98 valence electrons. The van der Waals surface area contributed by atoms with Crippen molar-refractivity contribution in [2.45, 2.75) is 46.1 Å². The molecule has 2 nitrogen and oxygen atoms in total. The summed E-state index contributed by atoms with van der Waals surface area (Å²) in [5.74, 6) is 0.291. The van der Waals surface area contributed by atoms with Crippen LogP contribution < -0.4 is 0 Å². The first-order valence-electron chi connectivity index (χ1n) is 6.95. The summed E-state index contributed by atoms with van der Waals surface area (Å²) in [5, 5.41) is 0. The normalized spacial score (nSPS) is 23.3. The molecule has 0 N–H and O–H groups in total. The van der Waals surface area contributed by atoms with Gasteiger partial charge >= 0.3 is 0 Å². The van der Waals surface area contributed by atoms with Crippen molar-refractivity contribution in [3.8, 4) is 0 Å². The van der Waals surface area contributed by atoms with Crippen LogP contribution in [0.2, 0.25) is 0 Å². The number of aryl methyl sites for hydroxylation is 2. The smallest absolute Gasteiger partial charge is 0.168 e. The lowest BCUT2D eigenvalue weighted by Crippen LogP contribution is -2.21. The quantitative estimate of drug-likeness (QED) is 0.761. The number of rotatable bonds is 4. The maximum atomic E-state index is 12.4. The average molecular weight is 246 g/mol. The average Bonchev–Trinajstić information content (AvgIpc) is 2.83. The first-order valence-corrected chi connectivity index (χ1v) is 6.95. The summed E-state index contributed by atoms with van der Waals surface area (Å²) in [7, 11) is 0. The summed E-state index contributed by atoms with van der Waals surface area (Å²) in [5.41, 5.74) is 3.51. The minimum Gasteiger partial charge on any atom is -0.378 e. The second kappa shape index (κ2) is 5.66. The Labute approximate surface area is 109 Å². The van der Waals surface area contributed by atoms with Gasteiger partial charge in [-0.3, -0.25) is 4.79 Å². The standard InChI is InChI=1S/C16H22O2/c1-4-12-6-7-14(10-13(12)5-2)16(17)15-8-9-18-11(15)3/h6-7,10-11,15H,4-5,8-9H2,1-3H3. The molecule has 2 unspecified atom stereocenters. The zero-order valence-electron chi connectivity index (χ0n) is 11.5. The van der Waals surface area contributed by atoms with Crippen molar-refractivity contribution in [2.24, 2.45) is 5.92 Å². The zero-order valence-corrected chi connectivity index (χ0v) is 11.5. The van der Waals surface area contributed by atoms with Crippen molar-refractivity contribution in [1.82, 2.24) is 0 Å². The van der Waals surface area contributed by atoms with Gasteiger partial charge in [-0.05, 0) is 43.4 Å². The van der Waals surface area contributed by atoms with Crippen LogP contribution in [0.4, 0.5) is 0 Å². The molecule has 0 bridgehead atoms. The van der Waals surface area contributed by atoms with Crippen molar-refractivity contribution in [2.75, 3.05) is 6.61 Å². The number of benzene rings is 1. The van der Waals surface area contributed by atoms with Gasteiger partial charge in [0.05, 0.1) is 12.0 Å². The first-order chi connectivity index (χ1) is 8.67. The zero-order chi connectivity index (χ0) is 13.1. The third-order valence-corrected chi connectivity index (χ3v) is 3.97. The number of ether oxygens (including phenoxy) is 1. The molecule has 1 saturated heterocycles. The van der Waals surface area contributed by atoms with E-state index >= 15 is 0 Å². The van der Waals surface area contributed by atoms with E-state index < -0.39 is 0 Å². The lowest BCUT2D eigenvalue weighted by atomic mass is 9.90. The molecule has 1 aromatic rings. The van der Waals surface area contributed by atoms with Gasteiger partial charge in [-0.15, -0.1) is 0 Å². The van der Waals surface area contributed by atoms with E-state index in [1.54, 1.807) is 0 Å². The molecule has 1 aliphatic rings. The van der Waals surface area contributed by atoms with E-state index in [0.29, 0.717) is 6.61 Å².